The van der Waals surface area contributed by atoms with Gasteiger partial charge in [0.1, 0.15) is 11.5 Å². The fourth-order valence-electron chi connectivity index (χ4n) is 1.75. The van der Waals surface area contributed by atoms with Gasteiger partial charge in [0.25, 0.3) is 5.69 Å². The van der Waals surface area contributed by atoms with Crippen LogP contribution in [0.25, 0.3) is 0 Å². The van der Waals surface area contributed by atoms with E-state index in [-0.39, 0.29) is 16.8 Å². The maximum absolute atomic E-state index is 10.7. The predicted octanol–water partition coefficient (Wildman–Crippen LogP) is 4.06. The minimum absolute atomic E-state index is 0.0807. The molecule has 1 atom stereocenters. The highest BCUT2D eigenvalue weighted by Gasteiger charge is 2.13. The number of nitro groups is 1. The molecule has 0 heterocycles. The first kappa shape index (κ1) is 14.3. The smallest absolute Gasteiger partial charge is 0.271 e. The lowest BCUT2D eigenvalue weighted by Crippen LogP contribution is -2.06. The molecular weight excluding hydrogens is 280 g/mol. The van der Waals surface area contributed by atoms with E-state index in [0.717, 1.165) is 5.56 Å². The van der Waals surface area contributed by atoms with Gasteiger partial charge in [0.05, 0.1) is 9.95 Å². The van der Waals surface area contributed by atoms with Crippen LogP contribution in [0.15, 0.2) is 42.5 Å². The van der Waals surface area contributed by atoms with Gasteiger partial charge in [0.15, 0.2) is 0 Å². The Kier molecular flexibility index (Phi) is 4.22. The van der Waals surface area contributed by atoms with Crippen molar-refractivity contribution in [2.45, 2.75) is 13.0 Å². The summed E-state index contributed by atoms with van der Waals surface area (Å²) in [6, 6.07) is 11.2. The average Bonchev–Trinajstić information content (AvgIpc) is 2.41. The predicted molar refractivity (Wildman–Crippen MR) is 77.2 cm³/mol. The SMILES string of the molecule is C[C@@H](N)c1ccccc1Oc1ccc([N+](=O)[O-])cc1Cl. The molecule has 0 bridgehead atoms. The zero-order valence-electron chi connectivity index (χ0n) is 10.7. The molecule has 2 rings (SSSR count). The number of ether oxygens (including phenoxy) is 1. The third-order valence-corrected chi connectivity index (χ3v) is 3.05. The minimum Gasteiger partial charge on any atom is -0.455 e. The number of hydrogen-bond acceptors (Lipinski definition) is 4. The van der Waals surface area contributed by atoms with Crippen molar-refractivity contribution in [2.24, 2.45) is 5.73 Å². The van der Waals surface area contributed by atoms with Gasteiger partial charge in [0.2, 0.25) is 0 Å². The summed E-state index contributed by atoms with van der Waals surface area (Å²) in [7, 11) is 0. The van der Waals surface area contributed by atoms with Crippen LogP contribution in [0.1, 0.15) is 18.5 Å². The van der Waals surface area contributed by atoms with Crippen molar-refractivity contribution in [1.82, 2.24) is 0 Å². The molecule has 5 nitrogen and oxygen atoms in total. The molecular formula is C14H13ClN2O3. The van der Waals surface area contributed by atoms with E-state index in [0.29, 0.717) is 11.5 Å². The molecule has 0 aliphatic carbocycles. The quantitative estimate of drug-likeness (QED) is 0.681. The van der Waals surface area contributed by atoms with Gasteiger partial charge in [-0.15, -0.1) is 0 Å². The van der Waals surface area contributed by atoms with Crippen molar-refractivity contribution in [2.75, 3.05) is 0 Å². The Morgan fingerprint density at radius 2 is 1.95 bits per heavy atom. The molecule has 0 aliphatic heterocycles. The fourth-order valence-corrected chi connectivity index (χ4v) is 1.97. The van der Waals surface area contributed by atoms with E-state index in [1.165, 1.54) is 18.2 Å². The number of rotatable bonds is 4. The molecule has 20 heavy (non-hydrogen) atoms. The number of hydrogen-bond donors (Lipinski definition) is 1. The highest BCUT2D eigenvalue weighted by molar-refractivity contribution is 6.32. The minimum atomic E-state index is -0.508. The maximum atomic E-state index is 10.7. The molecule has 0 spiro atoms. The Balaban J connectivity index is 2.33. The second-order valence-electron chi connectivity index (χ2n) is 4.30. The number of nitrogens with zero attached hydrogens (tertiary/aromatic N) is 1. The summed E-state index contributed by atoms with van der Waals surface area (Å²) in [5, 5.41) is 10.8. The third kappa shape index (κ3) is 3.07. The lowest BCUT2D eigenvalue weighted by Gasteiger charge is -2.14. The van der Waals surface area contributed by atoms with E-state index < -0.39 is 4.92 Å². The van der Waals surface area contributed by atoms with Gasteiger partial charge in [-0.2, -0.15) is 0 Å². The van der Waals surface area contributed by atoms with E-state index in [1.807, 2.05) is 25.1 Å². The number of para-hydroxylation sites is 1. The van der Waals surface area contributed by atoms with Crippen LogP contribution in [0.3, 0.4) is 0 Å². The average molecular weight is 293 g/mol. The number of nitro benzene ring substituents is 1. The molecule has 2 aromatic rings. The molecule has 0 aromatic heterocycles. The van der Waals surface area contributed by atoms with Crippen molar-refractivity contribution in [3.8, 4) is 11.5 Å². The Bertz CT molecular complexity index is 644. The molecule has 0 amide bonds. The van der Waals surface area contributed by atoms with E-state index in [9.17, 15) is 10.1 Å². The van der Waals surface area contributed by atoms with Crippen molar-refractivity contribution >= 4 is 17.3 Å². The molecule has 104 valence electrons. The molecule has 0 aliphatic rings. The van der Waals surface area contributed by atoms with E-state index in [4.69, 9.17) is 22.1 Å². The largest absolute Gasteiger partial charge is 0.455 e. The zero-order valence-corrected chi connectivity index (χ0v) is 11.5. The summed E-state index contributed by atoms with van der Waals surface area (Å²) in [6.45, 7) is 1.85. The molecule has 2 N–H and O–H groups in total. The van der Waals surface area contributed by atoms with Crippen LogP contribution < -0.4 is 10.5 Å². The molecule has 6 heteroatoms. The Hall–Kier alpha value is -2.11. The fraction of sp³-hybridized carbons (Fsp3) is 0.143. The topological polar surface area (TPSA) is 78.4 Å². The van der Waals surface area contributed by atoms with Gasteiger partial charge < -0.3 is 10.5 Å². The van der Waals surface area contributed by atoms with Crippen molar-refractivity contribution in [3.63, 3.8) is 0 Å². The highest BCUT2D eigenvalue weighted by atomic mass is 35.5. The lowest BCUT2D eigenvalue weighted by atomic mass is 10.1. The number of halogens is 1. The van der Waals surface area contributed by atoms with E-state index in [1.54, 1.807) is 6.07 Å². The summed E-state index contributed by atoms with van der Waals surface area (Å²) in [4.78, 5) is 10.1. The first-order valence-electron chi connectivity index (χ1n) is 5.95. The molecule has 0 fully saturated rings. The van der Waals surface area contributed by atoms with Crippen LogP contribution in [-0.2, 0) is 0 Å². The van der Waals surface area contributed by atoms with Crippen LogP contribution in [0, 0.1) is 10.1 Å². The Morgan fingerprint density at radius 3 is 2.55 bits per heavy atom. The maximum Gasteiger partial charge on any atom is 0.271 e. The first-order chi connectivity index (χ1) is 9.49. The van der Waals surface area contributed by atoms with Gasteiger partial charge in [-0.3, -0.25) is 10.1 Å². The van der Waals surface area contributed by atoms with E-state index in [2.05, 4.69) is 0 Å². The van der Waals surface area contributed by atoms with Gasteiger partial charge in [-0.25, -0.2) is 0 Å². The monoisotopic (exact) mass is 292 g/mol. The summed E-state index contributed by atoms with van der Waals surface area (Å²) >= 11 is 5.99. The van der Waals surface area contributed by atoms with Crippen LogP contribution in [0.4, 0.5) is 5.69 Å². The Morgan fingerprint density at radius 1 is 1.25 bits per heavy atom. The van der Waals surface area contributed by atoms with Gasteiger partial charge in [-0.1, -0.05) is 29.8 Å². The second kappa shape index (κ2) is 5.90. The second-order valence-corrected chi connectivity index (χ2v) is 4.71. The number of nitrogens with two attached hydrogens (primary N) is 1. The number of non-ortho nitro benzene ring substituents is 1. The molecule has 0 saturated carbocycles. The number of benzene rings is 2. The highest BCUT2D eigenvalue weighted by Crippen LogP contribution is 2.34. The van der Waals surface area contributed by atoms with E-state index >= 15 is 0 Å². The van der Waals surface area contributed by atoms with Crippen LogP contribution in [0.2, 0.25) is 5.02 Å². The van der Waals surface area contributed by atoms with Crippen molar-refractivity contribution in [3.05, 3.63) is 63.2 Å². The molecule has 2 aromatic carbocycles. The molecule has 0 unspecified atom stereocenters. The standard InChI is InChI=1S/C14H13ClN2O3/c1-9(16)11-4-2-3-5-13(11)20-14-7-6-10(17(18)19)8-12(14)15/h2-9H,16H2,1H3/t9-/m1/s1. The Labute approximate surface area is 121 Å². The summed E-state index contributed by atoms with van der Waals surface area (Å²) in [6.07, 6.45) is 0. The first-order valence-corrected chi connectivity index (χ1v) is 6.33. The van der Waals surface area contributed by atoms with Gasteiger partial charge >= 0.3 is 0 Å². The summed E-state index contributed by atoms with van der Waals surface area (Å²) in [5.74, 6) is 0.934. The summed E-state index contributed by atoms with van der Waals surface area (Å²) < 4.78 is 5.70. The van der Waals surface area contributed by atoms with Gasteiger partial charge in [0, 0.05) is 23.7 Å². The molecule has 0 radical (unpaired) electrons. The zero-order chi connectivity index (χ0) is 14.7. The molecule has 0 saturated heterocycles. The van der Waals surface area contributed by atoms with Crippen molar-refractivity contribution < 1.29 is 9.66 Å². The third-order valence-electron chi connectivity index (χ3n) is 2.76. The lowest BCUT2D eigenvalue weighted by molar-refractivity contribution is -0.384. The van der Waals surface area contributed by atoms with Crippen molar-refractivity contribution in [1.29, 1.82) is 0 Å². The van der Waals surface area contributed by atoms with Crippen LogP contribution >= 0.6 is 11.6 Å². The van der Waals surface area contributed by atoms with Crippen LogP contribution in [-0.4, -0.2) is 4.92 Å². The summed E-state index contributed by atoms with van der Waals surface area (Å²) in [5.41, 5.74) is 6.62. The van der Waals surface area contributed by atoms with Crippen LogP contribution in [0.5, 0.6) is 11.5 Å². The van der Waals surface area contributed by atoms with Gasteiger partial charge in [-0.05, 0) is 19.1 Å². The normalized spacial score (nSPS) is 11.9.